The van der Waals surface area contributed by atoms with E-state index >= 15 is 0 Å². The Morgan fingerprint density at radius 2 is 1.69 bits per heavy atom. The molecule has 2 aromatic rings. The van der Waals surface area contributed by atoms with Gasteiger partial charge in [-0.05, 0) is 79.3 Å². The van der Waals surface area contributed by atoms with Gasteiger partial charge in [0.1, 0.15) is 11.4 Å². The third-order valence-corrected chi connectivity index (χ3v) is 5.90. The number of allylic oxidation sites excluding steroid dienone is 3. The van der Waals surface area contributed by atoms with Crippen molar-refractivity contribution in [3.63, 3.8) is 0 Å². The maximum Gasteiger partial charge on any atom is 0.354 e. The van der Waals surface area contributed by atoms with Crippen LogP contribution in [0.2, 0.25) is 5.02 Å². The van der Waals surface area contributed by atoms with E-state index in [9.17, 15) is 4.79 Å². The number of anilines is 1. The molecule has 0 saturated heterocycles. The van der Waals surface area contributed by atoms with Crippen LogP contribution in [0.15, 0.2) is 71.6 Å². The van der Waals surface area contributed by atoms with Gasteiger partial charge < -0.3 is 14.4 Å². The number of benzene rings is 2. The highest BCUT2D eigenvalue weighted by molar-refractivity contribution is 6.30. The summed E-state index contributed by atoms with van der Waals surface area (Å²) in [6, 6.07) is 15.7. The van der Waals surface area contributed by atoms with Crippen molar-refractivity contribution in [1.82, 2.24) is 0 Å². The predicted molar refractivity (Wildman–Crippen MR) is 115 cm³/mol. The van der Waals surface area contributed by atoms with Gasteiger partial charge in [-0.3, -0.25) is 0 Å². The molecule has 2 aromatic carbocycles. The number of hydrogen-bond acceptors (Lipinski definition) is 4. The second-order valence-corrected chi connectivity index (χ2v) is 7.72. The summed E-state index contributed by atoms with van der Waals surface area (Å²) in [5, 5.41) is 0.708. The van der Waals surface area contributed by atoms with Gasteiger partial charge in [-0.1, -0.05) is 23.7 Å². The first kappa shape index (κ1) is 19.6. The van der Waals surface area contributed by atoms with E-state index in [0.29, 0.717) is 10.7 Å². The minimum atomic E-state index is -0.336. The van der Waals surface area contributed by atoms with Gasteiger partial charge in [-0.15, -0.1) is 0 Å². The van der Waals surface area contributed by atoms with Gasteiger partial charge in [0.15, 0.2) is 0 Å². The van der Waals surface area contributed by atoms with Crippen molar-refractivity contribution < 1.29 is 14.3 Å². The monoisotopic (exact) mass is 409 g/mol. The molecule has 5 heteroatoms. The Labute approximate surface area is 176 Å². The number of carbonyl (C=O) groups is 1. The zero-order valence-corrected chi connectivity index (χ0v) is 17.4. The van der Waals surface area contributed by atoms with Crippen LogP contribution in [0.3, 0.4) is 0 Å². The Balaban J connectivity index is 1.85. The van der Waals surface area contributed by atoms with E-state index in [1.54, 1.807) is 7.11 Å². The van der Waals surface area contributed by atoms with Crippen molar-refractivity contribution in [3.8, 4) is 5.75 Å². The summed E-state index contributed by atoms with van der Waals surface area (Å²) in [6.07, 6.45) is 6.23. The Bertz CT molecular complexity index is 961. The predicted octanol–water partition coefficient (Wildman–Crippen LogP) is 5.84. The second-order valence-electron chi connectivity index (χ2n) is 7.29. The summed E-state index contributed by atoms with van der Waals surface area (Å²) < 4.78 is 10.4. The molecule has 1 aliphatic carbocycles. The molecule has 4 rings (SSSR count). The number of carbonyl (C=O) groups excluding carboxylic acids is 1. The number of ether oxygens (including phenoxy) is 2. The minimum Gasteiger partial charge on any atom is -0.497 e. The standard InChI is InChI=1S/C24H24ClNO3/c1-28-19-13-11-18(12-14-19)26-22-6-4-3-5-20(22)21(15-23(26)24(27)29-2)16-7-9-17(25)10-8-16/h7-15,21H,3-6H2,1-2H3. The van der Waals surface area contributed by atoms with E-state index in [1.165, 1.54) is 18.4 Å². The van der Waals surface area contributed by atoms with Gasteiger partial charge in [0, 0.05) is 22.3 Å². The first-order valence-corrected chi connectivity index (χ1v) is 10.2. The average molecular weight is 410 g/mol. The van der Waals surface area contributed by atoms with Crippen molar-refractivity contribution in [2.75, 3.05) is 19.1 Å². The van der Waals surface area contributed by atoms with Crippen molar-refractivity contribution in [2.45, 2.75) is 31.6 Å². The number of esters is 1. The zero-order chi connectivity index (χ0) is 20.4. The van der Waals surface area contributed by atoms with Crippen LogP contribution in [0.5, 0.6) is 5.75 Å². The third kappa shape index (κ3) is 3.77. The summed E-state index contributed by atoms with van der Waals surface area (Å²) in [5.41, 5.74) is 5.19. The average Bonchev–Trinajstić information content (AvgIpc) is 2.78. The molecule has 0 amide bonds. The Hall–Kier alpha value is -2.72. The molecule has 1 heterocycles. The molecule has 0 spiro atoms. The molecule has 2 aliphatic rings. The summed E-state index contributed by atoms with van der Waals surface area (Å²) in [6.45, 7) is 0. The molecule has 29 heavy (non-hydrogen) atoms. The molecule has 1 unspecified atom stereocenters. The van der Waals surface area contributed by atoms with Crippen LogP contribution in [0.1, 0.15) is 37.2 Å². The van der Waals surface area contributed by atoms with Crippen LogP contribution in [-0.2, 0) is 9.53 Å². The smallest absolute Gasteiger partial charge is 0.354 e. The topological polar surface area (TPSA) is 38.8 Å². The number of halogens is 1. The van der Waals surface area contributed by atoms with E-state index < -0.39 is 0 Å². The first-order valence-electron chi connectivity index (χ1n) is 9.84. The highest BCUT2D eigenvalue weighted by Gasteiger charge is 2.35. The lowest BCUT2D eigenvalue weighted by Gasteiger charge is -2.39. The fourth-order valence-electron chi connectivity index (χ4n) is 4.24. The molecule has 1 aliphatic heterocycles. The molecule has 0 bridgehead atoms. The van der Waals surface area contributed by atoms with Crippen molar-refractivity contribution in [3.05, 3.63) is 82.2 Å². The van der Waals surface area contributed by atoms with Gasteiger partial charge >= 0.3 is 5.97 Å². The third-order valence-electron chi connectivity index (χ3n) is 5.65. The lowest BCUT2D eigenvalue weighted by molar-refractivity contribution is -0.136. The fourth-order valence-corrected chi connectivity index (χ4v) is 4.37. The van der Waals surface area contributed by atoms with Crippen molar-refractivity contribution in [2.24, 2.45) is 0 Å². The zero-order valence-electron chi connectivity index (χ0n) is 16.7. The highest BCUT2D eigenvalue weighted by Crippen LogP contribution is 2.45. The van der Waals surface area contributed by atoms with Gasteiger partial charge in [0.05, 0.1) is 14.2 Å². The van der Waals surface area contributed by atoms with Gasteiger partial charge in [-0.25, -0.2) is 4.79 Å². The van der Waals surface area contributed by atoms with Crippen LogP contribution in [0.25, 0.3) is 0 Å². The minimum absolute atomic E-state index is 0.0474. The number of rotatable bonds is 4. The lowest BCUT2D eigenvalue weighted by Crippen LogP contribution is -2.34. The molecule has 150 valence electrons. The van der Waals surface area contributed by atoms with E-state index in [0.717, 1.165) is 42.7 Å². The Kier molecular flexibility index (Phi) is 5.63. The maximum atomic E-state index is 12.8. The van der Waals surface area contributed by atoms with E-state index in [1.807, 2.05) is 54.6 Å². The van der Waals surface area contributed by atoms with Gasteiger partial charge in [-0.2, -0.15) is 0 Å². The highest BCUT2D eigenvalue weighted by atomic mass is 35.5. The van der Waals surface area contributed by atoms with E-state index in [4.69, 9.17) is 21.1 Å². The van der Waals surface area contributed by atoms with Crippen molar-refractivity contribution in [1.29, 1.82) is 0 Å². The summed E-state index contributed by atoms with van der Waals surface area (Å²) in [4.78, 5) is 14.8. The SMILES string of the molecule is COC(=O)C1=CC(c2ccc(Cl)cc2)C2=C(CCCC2)N1c1ccc(OC)cc1. The largest absolute Gasteiger partial charge is 0.497 e. The summed E-state index contributed by atoms with van der Waals surface area (Å²) in [7, 11) is 3.08. The first-order chi connectivity index (χ1) is 14.1. The summed E-state index contributed by atoms with van der Waals surface area (Å²) in [5.74, 6) is 0.495. The fraction of sp³-hybridized carbons (Fsp3) is 0.292. The van der Waals surface area contributed by atoms with E-state index in [-0.39, 0.29) is 11.9 Å². The quantitative estimate of drug-likeness (QED) is 0.595. The molecule has 1 atom stereocenters. The lowest BCUT2D eigenvalue weighted by atomic mass is 9.79. The maximum absolute atomic E-state index is 12.8. The van der Waals surface area contributed by atoms with Crippen LogP contribution in [0.4, 0.5) is 5.69 Å². The Morgan fingerprint density at radius 3 is 2.34 bits per heavy atom. The number of methoxy groups -OCH3 is 2. The van der Waals surface area contributed by atoms with Crippen LogP contribution in [-0.4, -0.2) is 20.2 Å². The van der Waals surface area contributed by atoms with Crippen molar-refractivity contribution >= 4 is 23.3 Å². The molecule has 0 aromatic heterocycles. The number of hydrogen-bond donors (Lipinski definition) is 0. The molecule has 0 N–H and O–H groups in total. The Morgan fingerprint density at radius 1 is 1.00 bits per heavy atom. The second kappa shape index (κ2) is 8.34. The number of nitrogens with zero attached hydrogens (tertiary/aromatic N) is 1. The molecule has 0 fully saturated rings. The van der Waals surface area contributed by atoms with Crippen LogP contribution in [0, 0.1) is 0 Å². The molecule has 0 saturated carbocycles. The molecular weight excluding hydrogens is 386 g/mol. The van der Waals surface area contributed by atoms with Gasteiger partial charge in [0.2, 0.25) is 0 Å². The molecular formula is C24H24ClNO3. The van der Waals surface area contributed by atoms with Crippen LogP contribution >= 0.6 is 11.6 Å². The molecule has 0 radical (unpaired) electrons. The van der Waals surface area contributed by atoms with Gasteiger partial charge in [0.25, 0.3) is 0 Å². The molecule has 4 nitrogen and oxygen atoms in total. The van der Waals surface area contributed by atoms with Crippen LogP contribution < -0.4 is 9.64 Å². The normalized spacial score (nSPS) is 18.8. The summed E-state index contributed by atoms with van der Waals surface area (Å²) >= 11 is 6.10. The van der Waals surface area contributed by atoms with E-state index in [2.05, 4.69) is 4.90 Å².